The number of benzene rings is 1. The molecule has 1 atom stereocenters. The largest absolute Gasteiger partial charge is 0.456 e. The summed E-state index contributed by atoms with van der Waals surface area (Å²) >= 11 is 0. The first-order valence-electron chi connectivity index (χ1n) is 9.42. The Hall–Kier alpha value is -2.09. The van der Waals surface area contributed by atoms with Gasteiger partial charge in [0.15, 0.2) is 16.4 Å². The summed E-state index contributed by atoms with van der Waals surface area (Å²) in [6, 6.07) is 7.64. The minimum atomic E-state index is -3.02. The van der Waals surface area contributed by atoms with Gasteiger partial charge in [-0.05, 0) is 55.9 Å². The molecule has 1 amide bonds. The summed E-state index contributed by atoms with van der Waals surface area (Å²) in [5.74, 6) is -0.995. The second-order valence-corrected chi connectivity index (χ2v) is 9.51. The van der Waals surface area contributed by atoms with Crippen LogP contribution in [0.3, 0.4) is 0 Å². The van der Waals surface area contributed by atoms with Crippen LogP contribution < -0.4 is 10.2 Å². The number of sulfone groups is 1. The molecule has 2 fully saturated rings. The van der Waals surface area contributed by atoms with E-state index in [2.05, 4.69) is 10.2 Å². The zero-order valence-electron chi connectivity index (χ0n) is 15.4. The van der Waals surface area contributed by atoms with Crippen LogP contribution in [0.15, 0.2) is 24.3 Å². The van der Waals surface area contributed by atoms with Gasteiger partial charge in [-0.1, -0.05) is 0 Å². The molecule has 2 saturated heterocycles. The molecule has 0 aliphatic carbocycles. The Morgan fingerprint density at radius 3 is 2.44 bits per heavy atom. The van der Waals surface area contributed by atoms with Gasteiger partial charge in [0.1, 0.15) is 0 Å². The second-order valence-electron chi connectivity index (χ2n) is 7.28. The van der Waals surface area contributed by atoms with Gasteiger partial charge in [0, 0.05) is 30.9 Å². The average molecular weight is 394 g/mol. The Bertz CT molecular complexity index is 770. The SMILES string of the molecule is O=C(COC(=O)C[C@@H]1CCS(=O)(=O)C1)Nc1ccc(N2CCCCC2)cc1. The Morgan fingerprint density at radius 1 is 1.11 bits per heavy atom. The zero-order valence-corrected chi connectivity index (χ0v) is 16.2. The van der Waals surface area contributed by atoms with Crippen molar-refractivity contribution < 1.29 is 22.7 Å². The van der Waals surface area contributed by atoms with Crippen LogP contribution in [-0.4, -0.2) is 51.5 Å². The normalized spacial score (nSPS) is 21.6. The molecule has 0 unspecified atom stereocenters. The average Bonchev–Trinajstić information content (AvgIpc) is 3.00. The van der Waals surface area contributed by atoms with E-state index in [1.807, 2.05) is 24.3 Å². The summed E-state index contributed by atoms with van der Waals surface area (Å²) in [5.41, 5.74) is 1.80. The lowest BCUT2D eigenvalue weighted by atomic mass is 10.1. The summed E-state index contributed by atoms with van der Waals surface area (Å²) in [7, 11) is -3.02. The zero-order chi connectivity index (χ0) is 19.3. The molecule has 0 aromatic heterocycles. The molecule has 3 rings (SSSR count). The van der Waals surface area contributed by atoms with E-state index in [0.717, 1.165) is 18.8 Å². The third-order valence-electron chi connectivity index (χ3n) is 5.02. The monoisotopic (exact) mass is 394 g/mol. The molecule has 148 valence electrons. The van der Waals surface area contributed by atoms with E-state index in [1.165, 1.54) is 19.3 Å². The van der Waals surface area contributed by atoms with Gasteiger partial charge in [-0.3, -0.25) is 9.59 Å². The van der Waals surface area contributed by atoms with Crippen molar-refractivity contribution in [1.82, 2.24) is 0 Å². The van der Waals surface area contributed by atoms with Crippen LogP contribution in [0.2, 0.25) is 0 Å². The summed E-state index contributed by atoms with van der Waals surface area (Å²) in [6.07, 6.45) is 4.21. The Balaban J connectivity index is 1.40. The van der Waals surface area contributed by atoms with Crippen molar-refractivity contribution in [1.29, 1.82) is 0 Å². The number of carbonyl (C=O) groups is 2. The van der Waals surface area contributed by atoms with E-state index in [0.29, 0.717) is 12.1 Å². The molecule has 8 heteroatoms. The lowest BCUT2D eigenvalue weighted by Gasteiger charge is -2.28. The van der Waals surface area contributed by atoms with Crippen molar-refractivity contribution in [2.24, 2.45) is 5.92 Å². The molecule has 0 saturated carbocycles. The van der Waals surface area contributed by atoms with Crippen molar-refractivity contribution >= 4 is 33.1 Å². The summed E-state index contributed by atoms with van der Waals surface area (Å²) in [6.45, 7) is 1.75. The fraction of sp³-hybridized carbons (Fsp3) is 0.579. The Morgan fingerprint density at radius 2 is 1.81 bits per heavy atom. The van der Waals surface area contributed by atoms with E-state index < -0.39 is 21.7 Å². The maximum atomic E-state index is 11.9. The molecule has 1 aromatic rings. The lowest BCUT2D eigenvalue weighted by molar-refractivity contribution is -0.148. The van der Waals surface area contributed by atoms with Crippen molar-refractivity contribution in [3.8, 4) is 0 Å². The number of piperidine rings is 1. The number of hydrogen-bond donors (Lipinski definition) is 1. The first-order chi connectivity index (χ1) is 12.9. The number of anilines is 2. The molecular formula is C19H26N2O5S. The fourth-order valence-corrected chi connectivity index (χ4v) is 5.44. The molecule has 0 spiro atoms. The van der Waals surface area contributed by atoms with Gasteiger partial charge in [-0.2, -0.15) is 0 Å². The molecule has 1 aromatic carbocycles. The quantitative estimate of drug-likeness (QED) is 0.742. The maximum absolute atomic E-state index is 11.9. The number of hydrogen-bond acceptors (Lipinski definition) is 6. The predicted octanol–water partition coefficient (Wildman–Crippen LogP) is 1.98. The second kappa shape index (κ2) is 8.73. The number of ether oxygens (including phenoxy) is 1. The van der Waals surface area contributed by atoms with Crippen LogP contribution in [-0.2, 0) is 24.2 Å². The van der Waals surface area contributed by atoms with Gasteiger partial charge in [0.25, 0.3) is 5.91 Å². The van der Waals surface area contributed by atoms with E-state index in [1.54, 1.807) is 0 Å². The first kappa shape index (κ1) is 19.7. The number of nitrogens with zero attached hydrogens (tertiary/aromatic N) is 1. The Labute approximate surface area is 160 Å². The molecule has 0 radical (unpaired) electrons. The highest BCUT2D eigenvalue weighted by molar-refractivity contribution is 7.91. The maximum Gasteiger partial charge on any atom is 0.306 e. The third kappa shape index (κ3) is 5.95. The fourth-order valence-electron chi connectivity index (χ4n) is 3.58. The van der Waals surface area contributed by atoms with E-state index in [4.69, 9.17) is 4.74 Å². The molecule has 27 heavy (non-hydrogen) atoms. The van der Waals surface area contributed by atoms with Gasteiger partial charge < -0.3 is 15.0 Å². The highest BCUT2D eigenvalue weighted by atomic mass is 32.2. The Kier molecular flexibility index (Phi) is 6.36. The number of esters is 1. The number of rotatable bonds is 6. The van der Waals surface area contributed by atoms with Crippen molar-refractivity contribution in [3.05, 3.63) is 24.3 Å². The van der Waals surface area contributed by atoms with Crippen LogP contribution in [0.1, 0.15) is 32.1 Å². The highest BCUT2D eigenvalue weighted by Gasteiger charge is 2.30. The van der Waals surface area contributed by atoms with Gasteiger partial charge in [-0.15, -0.1) is 0 Å². The van der Waals surface area contributed by atoms with E-state index in [9.17, 15) is 18.0 Å². The molecule has 7 nitrogen and oxygen atoms in total. The van der Waals surface area contributed by atoms with Crippen LogP contribution in [0.4, 0.5) is 11.4 Å². The topological polar surface area (TPSA) is 92.8 Å². The molecule has 2 heterocycles. The lowest BCUT2D eigenvalue weighted by Crippen LogP contribution is -2.29. The predicted molar refractivity (Wildman–Crippen MR) is 103 cm³/mol. The molecule has 2 aliphatic heterocycles. The standard InChI is InChI=1S/C19H26N2O5S/c22-18(13-26-19(23)12-15-8-11-27(24,25)14-15)20-16-4-6-17(7-5-16)21-9-2-1-3-10-21/h4-7,15H,1-3,8-14H2,(H,20,22)/t15-/m0/s1. The minimum Gasteiger partial charge on any atom is -0.456 e. The number of amides is 1. The van der Waals surface area contributed by atoms with E-state index in [-0.39, 0.29) is 30.5 Å². The van der Waals surface area contributed by atoms with Gasteiger partial charge in [-0.25, -0.2) is 8.42 Å². The first-order valence-corrected chi connectivity index (χ1v) is 11.2. The van der Waals surface area contributed by atoms with Crippen LogP contribution in [0, 0.1) is 5.92 Å². The number of carbonyl (C=O) groups excluding carboxylic acids is 2. The third-order valence-corrected chi connectivity index (χ3v) is 6.86. The summed E-state index contributed by atoms with van der Waals surface area (Å²) in [4.78, 5) is 26.1. The minimum absolute atomic E-state index is 0.0255. The summed E-state index contributed by atoms with van der Waals surface area (Å²) in [5, 5.41) is 2.70. The summed E-state index contributed by atoms with van der Waals surface area (Å²) < 4.78 is 27.8. The smallest absolute Gasteiger partial charge is 0.306 e. The molecule has 2 aliphatic rings. The van der Waals surface area contributed by atoms with Gasteiger partial charge in [0.2, 0.25) is 0 Å². The molecular weight excluding hydrogens is 368 g/mol. The van der Waals surface area contributed by atoms with Crippen molar-refractivity contribution in [2.45, 2.75) is 32.1 Å². The van der Waals surface area contributed by atoms with Gasteiger partial charge in [0.05, 0.1) is 11.5 Å². The van der Waals surface area contributed by atoms with Crippen LogP contribution >= 0.6 is 0 Å². The van der Waals surface area contributed by atoms with Gasteiger partial charge >= 0.3 is 5.97 Å². The molecule has 0 bridgehead atoms. The van der Waals surface area contributed by atoms with Crippen molar-refractivity contribution in [2.75, 3.05) is 41.4 Å². The number of nitrogens with one attached hydrogen (secondary N) is 1. The van der Waals surface area contributed by atoms with Crippen LogP contribution in [0.5, 0.6) is 0 Å². The molecule has 1 N–H and O–H groups in total. The van der Waals surface area contributed by atoms with Crippen molar-refractivity contribution in [3.63, 3.8) is 0 Å². The highest BCUT2D eigenvalue weighted by Crippen LogP contribution is 2.23. The van der Waals surface area contributed by atoms with E-state index >= 15 is 0 Å². The van der Waals surface area contributed by atoms with Crippen LogP contribution in [0.25, 0.3) is 0 Å².